The molecule has 64 valence electrons. The molecule has 0 amide bonds. The molecule has 0 aromatic carbocycles. The Kier molecular flexibility index (Phi) is 2.70. The smallest absolute Gasteiger partial charge is 0.356 e. The van der Waals surface area contributed by atoms with E-state index in [1.165, 1.54) is 7.11 Å². The Morgan fingerprint density at radius 3 is 2.75 bits per heavy atom. The van der Waals surface area contributed by atoms with Gasteiger partial charge in [0.05, 0.1) is 12.8 Å². The Bertz CT molecular complexity index is 312. The SMILES string of the molecule is COC(=O)c1ccc(S)c(C)n1. The fraction of sp³-hybridized carbons (Fsp3) is 0.250. The number of hydrogen-bond donors (Lipinski definition) is 1. The molecule has 1 heterocycles. The Labute approximate surface area is 76.2 Å². The maximum Gasteiger partial charge on any atom is 0.356 e. The quantitative estimate of drug-likeness (QED) is 0.529. The second kappa shape index (κ2) is 3.58. The number of methoxy groups -OCH3 is 1. The summed E-state index contributed by atoms with van der Waals surface area (Å²) in [5, 5.41) is 0. The molecule has 0 atom stereocenters. The summed E-state index contributed by atoms with van der Waals surface area (Å²) in [6.07, 6.45) is 0. The molecule has 0 aliphatic heterocycles. The zero-order valence-corrected chi connectivity index (χ0v) is 7.76. The van der Waals surface area contributed by atoms with Gasteiger partial charge in [0.15, 0.2) is 0 Å². The highest BCUT2D eigenvalue weighted by Crippen LogP contribution is 2.10. The summed E-state index contributed by atoms with van der Waals surface area (Å²) in [7, 11) is 1.33. The van der Waals surface area contributed by atoms with E-state index in [9.17, 15) is 4.79 Å². The van der Waals surface area contributed by atoms with Gasteiger partial charge in [0, 0.05) is 4.90 Å². The minimum Gasteiger partial charge on any atom is -0.464 e. The van der Waals surface area contributed by atoms with Crippen LogP contribution in [0.2, 0.25) is 0 Å². The highest BCUT2D eigenvalue weighted by molar-refractivity contribution is 7.80. The van der Waals surface area contributed by atoms with Crippen molar-refractivity contribution in [3.63, 3.8) is 0 Å². The van der Waals surface area contributed by atoms with Crippen molar-refractivity contribution in [2.45, 2.75) is 11.8 Å². The maximum atomic E-state index is 11.0. The van der Waals surface area contributed by atoms with E-state index in [-0.39, 0.29) is 0 Å². The van der Waals surface area contributed by atoms with Crippen molar-refractivity contribution in [1.29, 1.82) is 0 Å². The van der Waals surface area contributed by atoms with Gasteiger partial charge in [-0.3, -0.25) is 0 Å². The highest BCUT2D eigenvalue weighted by Gasteiger charge is 2.07. The van der Waals surface area contributed by atoms with Crippen LogP contribution >= 0.6 is 12.6 Å². The molecule has 4 heteroatoms. The molecule has 0 spiro atoms. The second-order valence-electron chi connectivity index (χ2n) is 2.29. The monoisotopic (exact) mass is 183 g/mol. The van der Waals surface area contributed by atoms with Crippen LogP contribution in [-0.2, 0) is 4.74 Å². The number of carbonyl (C=O) groups excluding carboxylic acids is 1. The lowest BCUT2D eigenvalue weighted by atomic mass is 10.3. The van der Waals surface area contributed by atoms with Crippen molar-refractivity contribution < 1.29 is 9.53 Å². The molecule has 0 N–H and O–H groups in total. The van der Waals surface area contributed by atoms with E-state index in [4.69, 9.17) is 0 Å². The second-order valence-corrected chi connectivity index (χ2v) is 2.77. The lowest BCUT2D eigenvalue weighted by molar-refractivity contribution is 0.0593. The molecular formula is C8H9NO2S. The van der Waals surface area contributed by atoms with Gasteiger partial charge in [-0.05, 0) is 19.1 Å². The number of rotatable bonds is 1. The molecule has 0 bridgehead atoms. The van der Waals surface area contributed by atoms with Crippen LogP contribution in [0.15, 0.2) is 17.0 Å². The first-order valence-electron chi connectivity index (χ1n) is 3.40. The number of carbonyl (C=O) groups is 1. The van der Waals surface area contributed by atoms with Crippen molar-refractivity contribution in [1.82, 2.24) is 4.98 Å². The number of pyridine rings is 1. The van der Waals surface area contributed by atoms with Gasteiger partial charge >= 0.3 is 5.97 Å². The molecular weight excluding hydrogens is 174 g/mol. The molecule has 0 unspecified atom stereocenters. The lowest BCUT2D eigenvalue weighted by Crippen LogP contribution is -2.04. The van der Waals surface area contributed by atoms with Gasteiger partial charge in [0.1, 0.15) is 5.69 Å². The first kappa shape index (κ1) is 9.06. The molecule has 0 radical (unpaired) electrons. The van der Waals surface area contributed by atoms with Crippen molar-refractivity contribution >= 4 is 18.6 Å². The fourth-order valence-corrected chi connectivity index (χ4v) is 0.896. The van der Waals surface area contributed by atoms with E-state index < -0.39 is 5.97 Å². The highest BCUT2D eigenvalue weighted by atomic mass is 32.1. The molecule has 0 saturated heterocycles. The van der Waals surface area contributed by atoms with Crippen LogP contribution in [0.5, 0.6) is 0 Å². The Morgan fingerprint density at radius 1 is 1.58 bits per heavy atom. The zero-order chi connectivity index (χ0) is 9.14. The van der Waals surface area contributed by atoms with Crippen LogP contribution in [-0.4, -0.2) is 18.1 Å². The summed E-state index contributed by atoms with van der Waals surface area (Å²) in [5.41, 5.74) is 1.04. The molecule has 12 heavy (non-hydrogen) atoms. The van der Waals surface area contributed by atoms with E-state index in [1.54, 1.807) is 19.1 Å². The van der Waals surface area contributed by atoms with Crippen LogP contribution in [0, 0.1) is 6.92 Å². The number of aryl methyl sites for hydroxylation is 1. The minimum atomic E-state index is -0.425. The number of nitrogens with zero attached hydrogens (tertiary/aromatic N) is 1. The number of hydrogen-bond acceptors (Lipinski definition) is 4. The normalized spacial score (nSPS) is 9.58. The topological polar surface area (TPSA) is 39.2 Å². The summed E-state index contributed by atoms with van der Waals surface area (Å²) in [5.74, 6) is -0.425. The standard InChI is InChI=1S/C8H9NO2S/c1-5-7(12)4-3-6(9-5)8(10)11-2/h3-4,12H,1-2H3. The molecule has 0 saturated carbocycles. The van der Waals surface area contributed by atoms with Crippen LogP contribution in [0.1, 0.15) is 16.2 Å². The van der Waals surface area contributed by atoms with Gasteiger partial charge in [-0.1, -0.05) is 0 Å². The Morgan fingerprint density at radius 2 is 2.25 bits per heavy atom. The van der Waals surface area contributed by atoms with E-state index in [0.29, 0.717) is 5.69 Å². The third-order valence-electron chi connectivity index (χ3n) is 1.45. The van der Waals surface area contributed by atoms with Crippen LogP contribution in [0.3, 0.4) is 0 Å². The molecule has 1 rings (SSSR count). The lowest BCUT2D eigenvalue weighted by Gasteiger charge is -2.00. The van der Waals surface area contributed by atoms with E-state index >= 15 is 0 Å². The van der Waals surface area contributed by atoms with Gasteiger partial charge < -0.3 is 4.74 Å². The van der Waals surface area contributed by atoms with Gasteiger partial charge in [-0.2, -0.15) is 0 Å². The van der Waals surface area contributed by atoms with E-state index in [1.807, 2.05) is 0 Å². The largest absolute Gasteiger partial charge is 0.464 e. The molecule has 0 aliphatic carbocycles. The average molecular weight is 183 g/mol. The number of thiol groups is 1. The maximum absolute atomic E-state index is 11.0. The van der Waals surface area contributed by atoms with Crippen LogP contribution < -0.4 is 0 Å². The third-order valence-corrected chi connectivity index (χ3v) is 1.93. The summed E-state index contributed by atoms with van der Waals surface area (Å²) < 4.78 is 4.50. The Hall–Kier alpha value is -1.03. The van der Waals surface area contributed by atoms with Gasteiger partial charge in [-0.25, -0.2) is 9.78 Å². The third kappa shape index (κ3) is 1.76. The van der Waals surface area contributed by atoms with Gasteiger partial charge in [0.2, 0.25) is 0 Å². The predicted octanol–water partition coefficient (Wildman–Crippen LogP) is 1.47. The van der Waals surface area contributed by atoms with Crippen LogP contribution in [0.25, 0.3) is 0 Å². The first-order chi connectivity index (χ1) is 5.65. The fourth-order valence-electron chi connectivity index (χ4n) is 0.772. The van der Waals surface area contributed by atoms with Crippen molar-refractivity contribution in [2.75, 3.05) is 7.11 Å². The minimum absolute atomic E-state index is 0.313. The van der Waals surface area contributed by atoms with Crippen molar-refractivity contribution in [3.05, 3.63) is 23.5 Å². The zero-order valence-electron chi connectivity index (χ0n) is 6.87. The van der Waals surface area contributed by atoms with Crippen LogP contribution in [0.4, 0.5) is 0 Å². The van der Waals surface area contributed by atoms with Gasteiger partial charge in [-0.15, -0.1) is 12.6 Å². The molecule has 3 nitrogen and oxygen atoms in total. The number of ether oxygens (including phenoxy) is 1. The first-order valence-corrected chi connectivity index (χ1v) is 3.85. The van der Waals surface area contributed by atoms with E-state index in [2.05, 4.69) is 22.3 Å². The summed E-state index contributed by atoms with van der Waals surface area (Å²) in [4.78, 5) is 15.7. The van der Waals surface area contributed by atoms with Crippen molar-refractivity contribution in [3.8, 4) is 0 Å². The summed E-state index contributed by atoms with van der Waals surface area (Å²) >= 11 is 4.13. The van der Waals surface area contributed by atoms with E-state index in [0.717, 1.165) is 10.6 Å². The number of esters is 1. The van der Waals surface area contributed by atoms with Gasteiger partial charge in [0.25, 0.3) is 0 Å². The number of aromatic nitrogens is 1. The molecule has 0 fully saturated rings. The molecule has 0 aliphatic rings. The Balaban J connectivity index is 3.05. The average Bonchev–Trinajstić information content (AvgIpc) is 2.08. The molecule has 1 aromatic rings. The molecule has 1 aromatic heterocycles. The summed E-state index contributed by atoms with van der Waals surface area (Å²) in [6.45, 7) is 1.79. The summed E-state index contributed by atoms with van der Waals surface area (Å²) in [6, 6.07) is 3.30. The predicted molar refractivity (Wildman–Crippen MR) is 47.6 cm³/mol. The van der Waals surface area contributed by atoms with Crippen molar-refractivity contribution in [2.24, 2.45) is 0 Å².